The van der Waals surface area contributed by atoms with Gasteiger partial charge in [0.1, 0.15) is 23.8 Å². The summed E-state index contributed by atoms with van der Waals surface area (Å²) in [5.41, 5.74) is 0.649. The van der Waals surface area contributed by atoms with Gasteiger partial charge >= 0.3 is 0 Å². The Morgan fingerprint density at radius 1 is 1.44 bits per heavy atom. The van der Waals surface area contributed by atoms with Crippen molar-refractivity contribution in [3.05, 3.63) is 45.9 Å². The Labute approximate surface area is 104 Å². The third-order valence-electron chi connectivity index (χ3n) is 2.81. The summed E-state index contributed by atoms with van der Waals surface area (Å²) in [5.74, 6) is 0.706. The van der Waals surface area contributed by atoms with Gasteiger partial charge < -0.3 is 4.57 Å². The van der Waals surface area contributed by atoms with E-state index in [4.69, 9.17) is 5.26 Å². The number of hydrogen-bond donors (Lipinski definition) is 0. The molecule has 6 heteroatoms. The molecule has 0 amide bonds. The van der Waals surface area contributed by atoms with Crippen molar-refractivity contribution < 1.29 is 0 Å². The van der Waals surface area contributed by atoms with Crippen molar-refractivity contribution in [2.75, 3.05) is 0 Å². The zero-order chi connectivity index (χ0) is 13.1. The molecule has 0 radical (unpaired) electrons. The van der Waals surface area contributed by atoms with E-state index < -0.39 is 0 Å². The van der Waals surface area contributed by atoms with E-state index in [1.807, 2.05) is 19.9 Å². The summed E-state index contributed by atoms with van der Waals surface area (Å²) in [7, 11) is 0. The Kier molecular flexibility index (Phi) is 3.24. The number of nitriles is 1. The van der Waals surface area contributed by atoms with Crippen LogP contribution in [0.4, 0.5) is 0 Å². The van der Waals surface area contributed by atoms with E-state index in [2.05, 4.69) is 10.1 Å². The van der Waals surface area contributed by atoms with Gasteiger partial charge in [0.2, 0.25) is 0 Å². The maximum Gasteiger partial charge on any atom is 0.269 e. The van der Waals surface area contributed by atoms with Crippen molar-refractivity contribution in [2.24, 2.45) is 0 Å². The van der Waals surface area contributed by atoms with E-state index in [1.54, 1.807) is 16.8 Å². The van der Waals surface area contributed by atoms with Crippen LogP contribution in [0, 0.1) is 18.3 Å². The molecule has 0 spiro atoms. The van der Waals surface area contributed by atoms with Gasteiger partial charge in [0, 0.05) is 12.2 Å². The quantitative estimate of drug-likeness (QED) is 0.794. The highest BCUT2D eigenvalue weighted by Crippen LogP contribution is 2.02. The first-order chi connectivity index (χ1) is 8.67. The van der Waals surface area contributed by atoms with Crippen molar-refractivity contribution in [1.82, 2.24) is 19.3 Å². The summed E-state index contributed by atoms with van der Waals surface area (Å²) in [5, 5.41) is 12.9. The van der Waals surface area contributed by atoms with Crippen molar-refractivity contribution >= 4 is 0 Å². The normalized spacial score (nSPS) is 10.3. The van der Waals surface area contributed by atoms with Gasteiger partial charge in [0.05, 0.1) is 6.54 Å². The molecule has 2 aromatic heterocycles. The lowest BCUT2D eigenvalue weighted by molar-refractivity contribution is 0.580. The summed E-state index contributed by atoms with van der Waals surface area (Å²) in [6.07, 6.45) is 1.47. The summed E-state index contributed by atoms with van der Waals surface area (Å²) in [4.78, 5) is 16.2. The number of aryl methyl sites for hydroxylation is 2. The molecule has 0 fully saturated rings. The third kappa shape index (κ3) is 2.02. The second-order valence-electron chi connectivity index (χ2n) is 3.88. The lowest BCUT2D eigenvalue weighted by Gasteiger charge is -2.10. The summed E-state index contributed by atoms with van der Waals surface area (Å²) in [6, 6.07) is 5.19. The average molecular weight is 243 g/mol. The lowest BCUT2D eigenvalue weighted by atomic mass is 10.2. The van der Waals surface area contributed by atoms with Gasteiger partial charge in [-0.25, -0.2) is 9.67 Å². The molecular weight excluding hydrogens is 230 g/mol. The summed E-state index contributed by atoms with van der Waals surface area (Å²) < 4.78 is 3.26. The largest absolute Gasteiger partial charge is 0.304 e. The van der Waals surface area contributed by atoms with Crippen molar-refractivity contribution in [3.63, 3.8) is 0 Å². The van der Waals surface area contributed by atoms with Crippen molar-refractivity contribution in [3.8, 4) is 6.07 Å². The monoisotopic (exact) mass is 243 g/mol. The minimum Gasteiger partial charge on any atom is -0.304 e. The molecule has 0 aliphatic rings. The minimum absolute atomic E-state index is 0.142. The third-order valence-corrected chi connectivity index (χ3v) is 2.81. The molecule has 92 valence electrons. The van der Waals surface area contributed by atoms with Crippen LogP contribution in [0.5, 0.6) is 0 Å². The van der Waals surface area contributed by atoms with Crippen LogP contribution in [-0.4, -0.2) is 19.3 Å². The summed E-state index contributed by atoms with van der Waals surface area (Å²) in [6.45, 7) is 4.81. The molecular formula is C12H13N5O. The first-order valence-corrected chi connectivity index (χ1v) is 5.64. The van der Waals surface area contributed by atoms with E-state index in [-0.39, 0.29) is 11.1 Å². The van der Waals surface area contributed by atoms with Crippen LogP contribution < -0.4 is 5.56 Å². The maximum atomic E-state index is 12.0. The molecule has 0 aromatic carbocycles. The Bertz CT molecular complexity index is 662. The highest BCUT2D eigenvalue weighted by atomic mass is 16.1. The Morgan fingerprint density at radius 3 is 2.89 bits per heavy atom. The molecule has 2 aromatic rings. The van der Waals surface area contributed by atoms with Crippen molar-refractivity contribution in [2.45, 2.75) is 26.9 Å². The Hall–Kier alpha value is -2.42. The second kappa shape index (κ2) is 4.84. The lowest BCUT2D eigenvalue weighted by Crippen LogP contribution is -2.26. The molecule has 0 atom stereocenters. The molecule has 0 saturated carbocycles. The molecule has 2 rings (SSSR count). The van der Waals surface area contributed by atoms with E-state index in [0.717, 1.165) is 5.69 Å². The zero-order valence-electron chi connectivity index (χ0n) is 10.3. The van der Waals surface area contributed by atoms with E-state index in [0.29, 0.717) is 18.9 Å². The fourth-order valence-electron chi connectivity index (χ4n) is 1.77. The SMILES string of the molecule is CCn1ncnc1Cn1c(C)ccc(C#N)c1=O. The smallest absolute Gasteiger partial charge is 0.269 e. The summed E-state index contributed by atoms with van der Waals surface area (Å²) >= 11 is 0. The van der Waals surface area contributed by atoms with Crippen molar-refractivity contribution in [1.29, 1.82) is 5.26 Å². The number of hydrogen-bond acceptors (Lipinski definition) is 4. The fourth-order valence-corrected chi connectivity index (χ4v) is 1.77. The van der Waals surface area contributed by atoms with Crippen LogP contribution in [0.1, 0.15) is 24.0 Å². The molecule has 6 nitrogen and oxygen atoms in total. The van der Waals surface area contributed by atoms with Crippen LogP contribution in [0.3, 0.4) is 0 Å². The highest BCUT2D eigenvalue weighted by molar-refractivity contribution is 5.27. The topological polar surface area (TPSA) is 76.5 Å². The van der Waals surface area contributed by atoms with Gasteiger partial charge in [-0.2, -0.15) is 10.4 Å². The standard InChI is InChI=1S/C12H13N5O/c1-3-17-11(14-8-15-17)7-16-9(2)4-5-10(6-13)12(16)18/h4-5,8H,3,7H2,1-2H3. The van der Waals surface area contributed by atoms with Crippen LogP contribution in [0.25, 0.3) is 0 Å². The van der Waals surface area contributed by atoms with Gasteiger partial charge in [0.25, 0.3) is 5.56 Å². The van der Waals surface area contributed by atoms with Crippen LogP contribution in [0.15, 0.2) is 23.3 Å². The number of rotatable bonds is 3. The van der Waals surface area contributed by atoms with Gasteiger partial charge in [-0.1, -0.05) is 0 Å². The Morgan fingerprint density at radius 2 is 2.22 bits per heavy atom. The molecule has 18 heavy (non-hydrogen) atoms. The van der Waals surface area contributed by atoms with Gasteiger partial charge in [-0.05, 0) is 26.0 Å². The molecule has 0 bridgehead atoms. The molecule has 0 aliphatic carbocycles. The number of nitrogens with zero attached hydrogens (tertiary/aromatic N) is 5. The van der Waals surface area contributed by atoms with E-state index >= 15 is 0 Å². The Balaban J connectivity index is 2.47. The average Bonchev–Trinajstić information content (AvgIpc) is 2.82. The molecule has 0 N–H and O–H groups in total. The first kappa shape index (κ1) is 12.0. The highest BCUT2D eigenvalue weighted by Gasteiger charge is 2.09. The second-order valence-corrected chi connectivity index (χ2v) is 3.88. The molecule has 0 aliphatic heterocycles. The van der Waals surface area contributed by atoms with Crippen LogP contribution in [-0.2, 0) is 13.1 Å². The zero-order valence-corrected chi connectivity index (χ0v) is 10.3. The van der Waals surface area contributed by atoms with E-state index in [1.165, 1.54) is 10.9 Å². The minimum atomic E-state index is -0.289. The number of pyridine rings is 1. The van der Waals surface area contributed by atoms with Crippen LogP contribution >= 0.6 is 0 Å². The maximum absolute atomic E-state index is 12.0. The first-order valence-electron chi connectivity index (χ1n) is 5.64. The van der Waals surface area contributed by atoms with E-state index in [9.17, 15) is 4.79 Å². The fraction of sp³-hybridized carbons (Fsp3) is 0.333. The van der Waals surface area contributed by atoms with Gasteiger partial charge in [-0.15, -0.1) is 0 Å². The van der Waals surface area contributed by atoms with Gasteiger partial charge in [0.15, 0.2) is 0 Å². The van der Waals surface area contributed by atoms with Crippen LogP contribution in [0.2, 0.25) is 0 Å². The predicted octanol–water partition coefficient (Wildman–Crippen LogP) is 0.688. The molecule has 0 saturated heterocycles. The number of aromatic nitrogens is 4. The molecule has 0 unspecified atom stereocenters. The predicted molar refractivity (Wildman–Crippen MR) is 65.0 cm³/mol. The molecule has 2 heterocycles. The van der Waals surface area contributed by atoms with Gasteiger partial charge in [-0.3, -0.25) is 4.79 Å².